The smallest absolute Gasteiger partial charge is 0.234 e. The summed E-state index contributed by atoms with van der Waals surface area (Å²) in [5, 5.41) is 1.04. The Kier molecular flexibility index (Phi) is 2.86. The monoisotopic (exact) mass is 291 g/mol. The molecule has 2 heterocycles. The number of fused-ring (bicyclic) bond motifs is 3. The van der Waals surface area contributed by atoms with Crippen LogP contribution in [0.2, 0.25) is 0 Å². The van der Waals surface area contributed by atoms with Crippen molar-refractivity contribution < 1.29 is 4.79 Å². The van der Waals surface area contributed by atoms with E-state index in [1.54, 1.807) is 12.4 Å². The van der Waals surface area contributed by atoms with Crippen molar-refractivity contribution in [2.45, 2.75) is 33.1 Å². The highest BCUT2D eigenvalue weighted by molar-refractivity contribution is 6.11. The van der Waals surface area contributed by atoms with Gasteiger partial charge in [-0.2, -0.15) is 0 Å². The maximum Gasteiger partial charge on any atom is 0.234 e. The average molecular weight is 291 g/mol. The highest BCUT2D eigenvalue weighted by atomic mass is 16.1. The Hall–Kier alpha value is -2.49. The average Bonchev–Trinajstić information content (AvgIpc) is 2.83. The van der Waals surface area contributed by atoms with Crippen molar-refractivity contribution in [3.05, 3.63) is 53.0 Å². The van der Waals surface area contributed by atoms with Crippen LogP contribution in [0, 0.1) is 13.8 Å². The molecule has 0 fully saturated rings. The van der Waals surface area contributed by atoms with Gasteiger partial charge in [0, 0.05) is 35.5 Å². The van der Waals surface area contributed by atoms with Gasteiger partial charge < -0.3 is 0 Å². The van der Waals surface area contributed by atoms with E-state index in [1.165, 1.54) is 11.1 Å². The molecule has 22 heavy (non-hydrogen) atoms. The predicted octanol–water partition coefficient (Wildman–Crippen LogP) is 3.56. The molecule has 0 aliphatic heterocycles. The van der Waals surface area contributed by atoms with Crippen LogP contribution in [0.4, 0.5) is 0 Å². The summed E-state index contributed by atoms with van der Waals surface area (Å²) < 4.78 is 2.06. The summed E-state index contributed by atoms with van der Waals surface area (Å²) >= 11 is 0. The third-order valence-electron chi connectivity index (χ3n) is 4.53. The predicted molar refractivity (Wildman–Crippen MR) is 85.6 cm³/mol. The van der Waals surface area contributed by atoms with Crippen molar-refractivity contribution in [3.8, 4) is 5.95 Å². The van der Waals surface area contributed by atoms with E-state index < -0.39 is 0 Å². The number of rotatable bonds is 1. The van der Waals surface area contributed by atoms with Crippen molar-refractivity contribution in [1.82, 2.24) is 14.5 Å². The second kappa shape index (κ2) is 4.77. The van der Waals surface area contributed by atoms with Gasteiger partial charge in [0.15, 0.2) is 5.78 Å². The number of hydrogen-bond donors (Lipinski definition) is 0. The van der Waals surface area contributed by atoms with Crippen molar-refractivity contribution >= 4 is 16.7 Å². The summed E-state index contributed by atoms with van der Waals surface area (Å²) in [6.45, 7) is 4.18. The van der Waals surface area contributed by atoms with Gasteiger partial charge in [-0.1, -0.05) is 0 Å². The number of nitrogens with zero attached hydrogens (tertiary/aromatic N) is 3. The van der Waals surface area contributed by atoms with Crippen LogP contribution in [-0.4, -0.2) is 20.3 Å². The lowest BCUT2D eigenvalue weighted by atomic mass is 9.93. The number of Topliss-reactive ketones (excluding diaryl/α,β-unsaturated/α-hetero) is 1. The molecule has 0 atom stereocenters. The van der Waals surface area contributed by atoms with E-state index in [9.17, 15) is 4.79 Å². The van der Waals surface area contributed by atoms with Gasteiger partial charge in [0.05, 0.1) is 5.52 Å². The lowest BCUT2D eigenvalue weighted by Gasteiger charge is -2.13. The largest absolute Gasteiger partial charge is 0.294 e. The molecule has 1 aliphatic rings. The fourth-order valence-corrected chi connectivity index (χ4v) is 3.32. The number of benzene rings is 1. The second-order valence-corrected chi connectivity index (χ2v) is 5.94. The quantitative estimate of drug-likeness (QED) is 0.689. The molecular weight excluding hydrogens is 274 g/mol. The first kappa shape index (κ1) is 13.2. The van der Waals surface area contributed by atoms with Gasteiger partial charge in [0.2, 0.25) is 5.95 Å². The van der Waals surface area contributed by atoms with Crippen LogP contribution in [0.1, 0.15) is 40.0 Å². The first-order valence-corrected chi connectivity index (χ1v) is 7.62. The molecule has 4 heteroatoms. The molecule has 0 saturated heterocycles. The second-order valence-electron chi connectivity index (χ2n) is 5.94. The highest BCUT2D eigenvalue weighted by Crippen LogP contribution is 2.35. The molecule has 1 aliphatic carbocycles. The summed E-state index contributed by atoms with van der Waals surface area (Å²) in [6.07, 6.45) is 5.91. The first-order chi connectivity index (χ1) is 10.7. The number of aryl methyl sites for hydroxylation is 2. The standard InChI is InChI=1S/C18H17N3O/c1-11-9-13-15(10-12(11)2)21(18-19-7-4-8-20-18)14-5-3-6-16(22)17(13)14/h4,7-10H,3,5-6H2,1-2H3. The van der Waals surface area contributed by atoms with Crippen LogP contribution in [0.15, 0.2) is 30.6 Å². The van der Waals surface area contributed by atoms with Crippen LogP contribution < -0.4 is 0 Å². The molecule has 0 spiro atoms. The molecule has 110 valence electrons. The first-order valence-electron chi connectivity index (χ1n) is 7.62. The SMILES string of the molecule is Cc1cc2c3c(n(-c4ncccn4)c2cc1C)CCCC3=O. The molecule has 0 N–H and O–H groups in total. The third-order valence-corrected chi connectivity index (χ3v) is 4.53. The number of hydrogen-bond acceptors (Lipinski definition) is 3. The van der Waals surface area contributed by atoms with Crippen molar-refractivity contribution in [3.63, 3.8) is 0 Å². The normalized spacial score (nSPS) is 14.4. The van der Waals surface area contributed by atoms with Crippen molar-refractivity contribution in [2.75, 3.05) is 0 Å². The molecule has 0 unspecified atom stereocenters. The van der Waals surface area contributed by atoms with E-state index in [2.05, 4.69) is 40.5 Å². The van der Waals surface area contributed by atoms with Gasteiger partial charge in [-0.3, -0.25) is 9.36 Å². The minimum atomic E-state index is 0.240. The molecule has 0 saturated carbocycles. The van der Waals surface area contributed by atoms with E-state index in [4.69, 9.17) is 0 Å². The molecule has 2 aromatic heterocycles. The van der Waals surface area contributed by atoms with Crippen LogP contribution in [0.5, 0.6) is 0 Å². The highest BCUT2D eigenvalue weighted by Gasteiger charge is 2.27. The number of ketones is 1. The Balaban J connectivity index is 2.16. The molecule has 3 aromatic rings. The number of carbonyl (C=O) groups excluding carboxylic acids is 1. The molecule has 1 aromatic carbocycles. The van der Waals surface area contributed by atoms with Gasteiger partial charge in [0.25, 0.3) is 0 Å². The maximum absolute atomic E-state index is 12.5. The van der Waals surface area contributed by atoms with Crippen molar-refractivity contribution in [2.24, 2.45) is 0 Å². The van der Waals surface area contributed by atoms with E-state index in [-0.39, 0.29) is 5.78 Å². The van der Waals surface area contributed by atoms with E-state index in [0.717, 1.165) is 35.0 Å². The van der Waals surface area contributed by atoms with Gasteiger partial charge >= 0.3 is 0 Å². The van der Waals surface area contributed by atoms with Crippen LogP contribution in [-0.2, 0) is 6.42 Å². The Morgan fingerprint density at radius 2 is 1.77 bits per heavy atom. The Bertz CT molecular complexity index is 894. The summed E-state index contributed by atoms with van der Waals surface area (Å²) in [5.41, 5.74) is 5.39. The van der Waals surface area contributed by atoms with E-state index >= 15 is 0 Å². The van der Waals surface area contributed by atoms with Crippen molar-refractivity contribution in [1.29, 1.82) is 0 Å². The molecule has 0 amide bonds. The number of aromatic nitrogens is 3. The topological polar surface area (TPSA) is 47.8 Å². The Morgan fingerprint density at radius 1 is 1.05 bits per heavy atom. The zero-order valence-electron chi connectivity index (χ0n) is 12.8. The van der Waals surface area contributed by atoms with Gasteiger partial charge in [-0.15, -0.1) is 0 Å². The molecule has 0 radical (unpaired) electrons. The zero-order chi connectivity index (χ0) is 15.3. The van der Waals surface area contributed by atoms with Crippen LogP contribution in [0.25, 0.3) is 16.9 Å². The lowest BCUT2D eigenvalue weighted by molar-refractivity contribution is 0.0973. The van der Waals surface area contributed by atoms with Gasteiger partial charge in [0.1, 0.15) is 0 Å². The fraction of sp³-hybridized carbons (Fsp3) is 0.278. The third kappa shape index (κ3) is 1.80. The molecular formula is C18H17N3O. The van der Waals surface area contributed by atoms with Gasteiger partial charge in [-0.25, -0.2) is 9.97 Å². The summed E-state index contributed by atoms with van der Waals surface area (Å²) in [6, 6.07) is 6.08. The van der Waals surface area contributed by atoms with Crippen LogP contribution in [0.3, 0.4) is 0 Å². The van der Waals surface area contributed by atoms with Crippen LogP contribution >= 0.6 is 0 Å². The van der Waals surface area contributed by atoms with E-state index in [1.807, 2.05) is 6.07 Å². The lowest BCUT2D eigenvalue weighted by Crippen LogP contribution is -2.13. The minimum absolute atomic E-state index is 0.240. The molecule has 4 nitrogen and oxygen atoms in total. The fourth-order valence-electron chi connectivity index (χ4n) is 3.32. The summed E-state index contributed by atoms with van der Waals surface area (Å²) in [4.78, 5) is 21.3. The maximum atomic E-state index is 12.5. The van der Waals surface area contributed by atoms with E-state index in [0.29, 0.717) is 12.4 Å². The zero-order valence-corrected chi connectivity index (χ0v) is 12.8. The molecule has 4 rings (SSSR count). The Labute approximate surface area is 128 Å². The number of carbonyl (C=O) groups is 1. The summed E-state index contributed by atoms with van der Waals surface area (Å²) in [5.74, 6) is 0.885. The molecule has 0 bridgehead atoms. The Morgan fingerprint density at radius 3 is 2.55 bits per heavy atom. The van der Waals surface area contributed by atoms with Gasteiger partial charge in [-0.05, 0) is 56.0 Å². The summed E-state index contributed by atoms with van der Waals surface area (Å²) in [7, 11) is 0. The minimum Gasteiger partial charge on any atom is -0.294 e.